The molecule has 0 amide bonds. The number of rotatable bonds is 4. The van der Waals surface area contributed by atoms with Crippen LogP contribution < -0.4 is 11.3 Å². The molecule has 0 aliphatic carbocycles. The second-order valence-corrected chi connectivity index (χ2v) is 5.61. The van der Waals surface area contributed by atoms with Crippen molar-refractivity contribution < 1.29 is 4.74 Å². The molecule has 0 aromatic carbocycles. The first kappa shape index (κ1) is 13.7. The van der Waals surface area contributed by atoms with Gasteiger partial charge in [0.05, 0.1) is 6.61 Å². The highest BCUT2D eigenvalue weighted by molar-refractivity contribution is 5.35. The van der Waals surface area contributed by atoms with Crippen molar-refractivity contribution in [3.63, 3.8) is 0 Å². The maximum absolute atomic E-state index is 5.98. The zero-order valence-corrected chi connectivity index (χ0v) is 12.0. The lowest BCUT2D eigenvalue weighted by Crippen LogP contribution is -2.43. The van der Waals surface area contributed by atoms with Crippen LogP contribution in [0.1, 0.15) is 43.8 Å². The average Bonchev–Trinajstić information content (AvgIpc) is 2.94. The Hall–Kier alpha value is -1.24. The van der Waals surface area contributed by atoms with Crippen molar-refractivity contribution in [3.8, 4) is 0 Å². The highest BCUT2D eigenvalue weighted by Gasteiger charge is 2.34. The number of fused-ring (bicyclic) bond motifs is 1. The van der Waals surface area contributed by atoms with Gasteiger partial charge in [0.15, 0.2) is 5.82 Å². The number of hydrogen-bond donors (Lipinski definition) is 2. The summed E-state index contributed by atoms with van der Waals surface area (Å²) < 4.78 is 5.98. The van der Waals surface area contributed by atoms with Crippen LogP contribution in [0.3, 0.4) is 0 Å². The monoisotopic (exact) mass is 277 g/mol. The summed E-state index contributed by atoms with van der Waals surface area (Å²) in [6.45, 7) is 4.99. The zero-order valence-electron chi connectivity index (χ0n) is 12.0. The molecule has 1 aromatic rings. The molecule has 3 N–H and O–H groups in total. The number of morpholine rings is 1. The standard InChI is InChI=1S/C14H23N5O/c1-2-4-10-7-13(18-15)17-14(16-10)12-8-19-6-3-5-11(19)9-20-12/h7,11-12H,2-6,8-9,15H2,1H3,(H,16,17,18). The third-order valence-corrected chi connectivity index (χ3v) is 4.13. The van der Waals surface area contributed by atoms with Crippen LogP contribution in [0.15, 0.2) is 6.07 Å². The molecular weight excluding hydrogens is 254 g/mol. The fraction of sp³-hybridized carbons (Fsp3) is 0.714. The van der Waals surface area contributed by atoms with Gasteiger partial charge in [0.2, 0.25) is 0 Å². The van der Waals surface area contributed by atoms with Gasteiger partial charge in [0.1, 0.15) is 11.9 Å². The van der Waals surface area contributed by atoms with Crippen LogP contribution in [0.2, 0.25) is 0 Å². The predicted octanol–water partition coefficient (Wildman–Crippen LogP) is 1.25. The van der Waals surface area contributed by atoms with Crippen molar-refractivity contribution in [1.82, 2.24) is 14.9 Å². The molecule has 0 bridgehead atoms. The van der Waals surface area contributed by atoms with Crippen molar-refractivity contribution in [2.75, 3.05) is 25.1 Å². The molecule has 6 heteroatoms. The highest BCUT2D eigenvalue weighted by atomic mass is 16.5. The van der Waals surface area contributed by atoms with Gasteiger partial charge in [-0.25, -0.2) is 15.8 Å². The molecule has 2 unspecified atom stereocenters. The molecule has 2 aliphatic heterocycles. The van der Waals surface area contributed by atoms with Crippen LogP contribution in [0.5, 0.6) is 0 Å². The first-order chi connectivity index (χ1) is 9.80. The lowest BCUT2D eigenvalue weighted by atomic mass is 10.1. The van der Waals surface area contributed by atoms with Gasteiger partial charge < -0.3 is 10.2 Å². The quantitative estimate of drug-likeness (QED) is 0.637. The van der Waals surface area contributed by atoms with Gasteiger partial charge in [-0.2, -0.15) is 0 Å². The second kappa shape index (κ2) is 6.03. The number of aromatic nitrogens is 2. The number of anilines is 1. The van der Waals surface area contributed by atoms with Gasteiger partial charge in [-0.15, -0.1) is 0 Å². The van der Waals surface area contributed by atoms with Gasteiger partial charge >= 0.3 is 0 Å². The van der Waals surface area contributed by atoms with Crippen LogP contribution in [-0.2, 0) is 11.2 Å². The Morgan fingerprint density at radius 3 is 3.20 bits per heavy atom. The molecule has 3 rings (SSSR count). The van der Waals surface area contributed by atoms with Crippen LogP contribution >= 0.6 is 0 Å². The maximum Gasteiger partial charge on any atom is 0.161 e. The predicted molar refractivity (Wildman–Crippen MR) is 77.1 cm³/mol. The van der Waals surface area contributed by atoms with E-state index in [2.05, 4.69) is 27.2 Å². The average molecular weight is 277 g/mol. The number of ether oxygens (including phenoxy) is 1. The Morgan fingerprint density at radius 2 is 2.40 bits per heavy atom. The van der Waals surface area contributed by atoms with E-state index in [9.17, 15) is 0 Å². The first-order valence-electron chi connectivity index (χ1n) is 7.50. The molecule has 6 nitrogen and oxygen atoms in total. The van der Waals surface area contributed by atoms with E-state index in [1.807, 2.05) is 6.07 Å². The summed E-state index contributed by atoms with van der Waals surface area (Å²) in [7, 11) is 0. The molecule has 2 atom stereocenters. The van der Waals surface area contributed by atoms with Gasteiger partial charge in [-0.1, -0.05) is 13.3 Å². The summed E-state index contributed by atoms with van der Waals surface area (Å²) in [6, 6.07) is 2.51. The normalized spacial score (nSPS) is 26.5. The van der Waals surface area contributed by atoms with E-state index in [-0.39, 0.29) is 6.10 Å². The molecule has 110 valence electrons. The minimum atomic E-state index is -0.0340. The van der Waals surface area contributed by atoms with Crippen molar-refractivity contribution in [1.29, 1.82) is 0 Å². The van der Waals surface area contributed by atoms with E-state index in [1.165, 1.54) is 19.4 Å². The summed E-state index contributed by atoms with van der Waals surface area (Å²) in [5.74, 6) is 6.94. The van der Waals surface area contributed by atoms with Gasteiger partial charge in [-0.05, 0) is 25.8 Å². The molecule has 0 spiro atoms. The lowest BCUT2D eigenvalue weighted by molar-refractivity contribution is -0.0541. The fourth-order valence-corrected chi connectivity index (χ4v) is 3.09. The van der Waals surface area contributed by atoms with E-state index in [0.29, 0.717) is 11.9 Å². The van der Waals surface area contributed by atoms with Crippen LogP contribution in [0.25, 0.3) is 0 Å². The second-order valence-electron chi connectivity index (χ2n) is 5.61. The van der Waals surface area contributed by atoms with E-state index >= 15 is 0 Å². The number of hydrogen-bond acceptors (Lipinski definition) is 6. The summed E-state index contributed by atoms with van der Waals surface area (Å²) in [5.41, 5.74) is 3.66. The van der Waals surface area contributed by atoms with E-state index in [1.54, 1.807) is 0 Å². The summed E-state index contributed by atoms with van der Waals surface area (Å²) in [5, 5.41) is 0. The third kappa shape index (κ3) is 2.77. The summed E-state index contributed by atoms with van der Waals surface area (Å²) >= 11 is 0. The van der Waals surface area contributed by atoms with Crippen molar-refractivity contribution >= 4 is 5.82 Å². The topological polar surface area (TPSA) is 76.3 Å². The summed E-state index contributed by atoms with van der Waals surface area (Å²) in [4.78, 5) is 11.6. The van der Waals surface area contributed by atoms with E-state index in [4.69, 9.17) is 10.6 Å². The minimum absolute atomic E-state index is 0.0340. The number of aryl methyl sites for hydroxylation is 1. The van der Waals surface area contributed by atoms with Crippen molar-refractivity contribution in [2.24, 2.45) is 5.84 Å². The molecule has 1 aromatic heterocycles. The Labute approximate surface area is 119 Å². The SMILES string of the molecule is CCCc1cc(NN)nc(C2CN3CCCC3CO2)n1. The molecule has 3 heterocycles. The van der Waals surface area contributed by atoms with Crippen LogP contribution in [0, 0.1) is 0 Å². The van der Waals surface area contributed by atoms with Crippen LogP contribution in [0.4, 0.5) is 5.82 Å². The Kier molecular flexibility index (Phi) is 4.14. The Morgan fingerprint density at radius 1 is 1.50 bits per heavy atom. The molecule has 20 heavy (non-hydrogen) atoms. The fourth-order valence-electron chi connectivity index (χ4n) is 3.09. The molecule has 2 aliphatic rings. The Bertz CT molecular complexity index is 467. The maximum atomic E-state index is 5.98. The smallest absolute Gasteiger partial charge is 0.161 e. The van der Waals surface area contributed by atoms with Crippen molar-refractivity contribution in [2.45, 2.75) is 44.8 Å². The summed E-state index contributed by atoms with van der Waals surface area (Å²) in [6.07, 6.45) is 4.48. The molecule has 0 saturated carbocycles. The molecular formula is C14H23N5O. The van der Waals surface area contributed by atoms with Gasteiger partial charge in [-0.3, -0.25) is 4.90 Å². The molecule has 0 radical (unpaired) electrons. The first-order valence-corrected chi connectivity index (χ1v) is 7.50. The third-order valence-electron chi connectivity index (χ3n) is 4.13. The van der Waals surface area contributed by atoms with Gasteiger partial charge in [0, 0.05) is 24.3 Å². The highest BCUT2D eigenvalue weighted by Crippen LogP contribution is 2.29. The van der Waals surface area contributed by atoms with E-state index in [0.717, 1.165) is 37.5 Å². The zero-order chi connectivity index (χ0) is 13.9. The number of nitrogens with zero attached hydrogens (tertiary/aromatic N) is 3. The van der Waals surface area contributed by atoms with Crippen molar-refractivity contribution in [3.05, 3.63) is 17.6 Å². The number of hydrazine groups is 1. The van der Waals surface area contributed by atoms with Crippen LogP contribution in [-0.4, -0.2) is 40.6 Å². The molecule has 2 fully saturated rings. The lowest BCUT2D eigenvalue weighted by Gasteiger charge is -2.34. The number of nitrogens with two attached hydrogens (primary N) is 1. The largest absolute Gasteiger partial charge is 0.367 e. The molecule has 2 saturated heterocycles. The number of nitrogens with one attached hydrogen (secondary N) is 1. The Balaban J connectivity index is 1.79. The minimum Gasteiger partial charge on any atom is -0.367 e. The van der Waals surface area contributed by atoms with E-state index < -0.39 is 0 Å². The van der Waals surface area contributed by atoms with Gasteiger partial charge in [0.25, 0.3) is 0 Å². The number of nitrogen functional groups attached to an aromatic ring is 1.